The number of aromatic nitrogens is 1. The molecule has 1 aliphatic carbocycles. The van der Waals surface area contributed by atoms with Gasteiger partial charge in [-0.3, -0.25) is 0 Å². The molecule has 19 heavy (non-hydrogen) atoms. The summed E-state index contributed by atoms with van der Waals surface area (Å²) in [5, 5.41) is 12.7. The van der Waals surface area contributed by atoms with Gasteiger partial charge in [0.1, 0.15) is 5.82 Å². The Balaban J connectivity index is 1.86. The van der Waals surface area contributed by atoms with Crippen LogP contribution >= 0.6 is 0 Å². The third kappa shape index (κ3) is 4.18. The van der Waals surface area contributed by atoms with E-state index in [1.54, 1.807) is 0 Å². The molecule has 1 aromatic heterocycles. The summed E-state index contributed by atoms with van der Waals surface area (Å²) in [5.74, 6) is 1.66. The van der Waals surface area contributed by atoms with Gasteiger partial charge in [-0.05, 0) is 38.3 Å². The number of hydrogen-bond donors (Lipinski definition) is 2. The monoisotopic (exact) mass is 263 g/mol. The van der Waals surface area contributed by atoms with E-state index in [-0.39, 0.29) is 6.10 Å². The third-order valence-electron chi connectivity index (χ3n) is 3.65. The molecule has 0 radical (unpaired) electrons. The number of rotatable bonds is 7. The molecule has 0 unspecified atom stereocenters. The number of aliphatic hydroxyl groups is 1. The lowest BCUT2D eigenvalue weighted by Crippen LogP contribution is -2.36. The van der Waals surface area contributed by atoms with Crippen LogP contribution in [0.4, 0.5) is 5.82 Å². The average Bonchev–Trinajstić information content (AvgIpc) is 2.36. The molecule has 1 aromatic rings. The summed E-state index contributed by atoms with van der Waals surface area (Å²) in [7, 11) is 2.14. The van der Waals surface area contributed by atoms with Crippen LogP contribution in [0.2, 0.25) is 0 Å². The Morgan fingerprint density at radius 1 is 1.47 bits per heavy atom. The van der Waals surface area contributed by atoms with Crippen molar-refractivity contribution < 1.29 is 5.11 Å². The summed E-state index contributed by atoms with van der Waals surface area (Å²) in [6.45, 7) is 5.08. The zero-order valence-corrected chi connectivity index (χ0v) is 12.0. The van der Waals surface area contributed by atoms with Crippen molar-refractivity contribution in [2.24, 2.45) is 5.92 Å². The Kier molecular flexibility index (Phi) is 5.16. The minimum atomic E-state index is -0.0569. The topological polar surface area (TPSA) is 48.4 Å². The fourth-order valence-corrected chi connectivity index (χ4v) is 2.61. The van der Waals surface area contributed by atoms with E-state index in [1.807, 2.05) is 12.3 Å². The first-order valence-electron chi connectivity index (χ1n) is 7.23. The maximum Gasteiger partial charge on any atom is 0.130 e. The van der Waals surface area contributed by atoms with Crippen molar-refractivity contribution in [2.75, 3.05) is 25.5 Å². The normalized spacial score (nSPS) is 22.3. The van der Waals surface area contributed by atoms with E-state index in [2.05, 4.69) is 35.2 Å². The summed E-state index contributed by atoms with van der Waals surface area (Å²) in [4.78, 5) is 6.74. The summed E-state index contributed by atoms with van der Waals surface area (Å²) in [6, 6.07) is 4.13. The van der Waals surface area contributed by atoms with Crippen LogP contribution in [0.25, 0.3) is 0 Å². The quantitative estimate of drug-likeness (QED) is 0.791. The van der Waals surface area contributed by atoms with Gasteiger partial charge in [-0.25, -0.2) is 4.98 Å². The molecule has 1 fully saturated rings. The Labute approximate surface area is 115 Å². The first-order chi connectivity index (χ1) is 9.19. The molecule has 1 heterocycles. The molecule has 0 aliphatic heterocycles. The standard InChI is InChI=1S/C15H25N3O/c1-3-6-16-15-13(5-4-7-17-15)11-18(2)10-12-8-14(19)9-12/h4-5,7,12,14,19H,3,6,8-11H2,1-2H3,(H,16,17). The van der Waals surface area contributed by atoms with Crippen molar-refractivity contribution in [3.8, 4) is 0 Å². The first kappa shape index (κ1) is 14.3. The molecule has 4 heteroatoms. The number of anilines is 1. The molecule has 2 N–H and O–H groups in total. The Morgan fingerprint density at radius 3 is 2.95 bits per heavy atom. The van der Waals surface area contributed by atoms with E-state index >= 15 is 0 Å². The third-order valence-corrected chi connectivity index (χ3v) is 3.65. The van der Waals surface area contributed by atoms with Gasteiger partial charge in [0, 0.05) is 31.4 Å². The highest BCUT2D eigenvalue weighted by Crippen LogP contribution is 2.28. The number of nitrogens with zero attached hydrogens (tertiary/aromatic N) is 2. The van der Waals surface area contributed by atoms with Crippen LogP contribution in [0.3, 0.4) is 0 Å². The Hall–Kier alpha value is -1.13. The van der Waals surface area contributed by atoms with Gasteiger partial charge in [-0.15, -0.1) is 0 Å². The van der Waals surface area contributed by atoms with Gasteiger partial charge in [-0.2, -0.15) is 0 Å². The molecule has 106 valence electrons. The highest BCUT2D eigenvalue weighted by atomic mass is 16.3. The van der Waals surface area contributed by atoms with Crippen LogP contribution < -0.4 is 5.32 Å². The van der Waals surface area contributed by atoms with E-state index in [9.17, 15) is 5.11 Å². The van der Waals surface area contributed by atoms with Gasteiger partial charge < -0.3 is 15.3 Å². The zero-order valence-electron chi connectivity index (χ0n) is 12.0. The van der Waals surface area contributed by atoms with Crippen molar-refractivity contribution in [3.63, 3.8) is 0 Å². The molecule has 2 rings (SSSR count). The van der Waals surface area contributed by atoms with Crippen molar-refractivity contribution in [3.05, 3.63) is 23.9 Å². The maximum atomic E-state index is 9.32. The van der Waals surface area contributed by atoms with Gasteiger partial charge in [-0.1, -0.05) is 13.0 Å². The molecule has 1 aliphatic rings. The van der Waals surface area contributed by atoms with Crippen molar-refractivity contribution >= 4 is 5.82 Å². The number of nitrogens with one attached hydrogen (secondary N) is 1. The highest BCUT2D eigenvalue weighted by molar-refractivity contribution is 5.43. The van der Waals surface area contributed by atoms with Gasteiger partial charge >= 0.3 is 0 Å². The smallest absolute Gasteiger partial charge is 0.130 e. The summed E-state index contributed by atoms with van der Waals surface area (Å²) >= 11 is 0. The molecule has 0 aromatic carbocycles. The lowest BCUT2D eigenvalue weighted by molar-refractivity contribution is 0.0274. The SMILES string of the molecule is CCCNc1ncccc1CN(C)CC1CC(O)C1. The van der Waals surface area contributed by atoms with Gasteiger partial charge in [0.2, 0.25) is 0 Å². The van der Waals surface area contributed by atoms with Crippen LogP contribution in [0, 0.1) is 5.92 Å². The average molecular weight is 263 g/mol. The van der Waals surface area contributed by atoms with Crippen LogP contribution in [0.1, 0.15) is 31.7 Å². The molecule has 0 spiro atoms. The van der Waals surface area contributed by atoms with Crippen LogP contribution in [0.5, 0.6) is 0 Å². The summed E-state index contributed by atoms with van der Waals surface area (Å²) < 4.78 is 0. The van der Waals surface area contributed by atoms with Crippen molar-refractivity contribution in [1.29, 1.82) is 0 Å². The van der Waals surface area contributed by atoms with Crippen molar-refractivity contribution in [2.45, 2.75) is 38.8 Å². The molecule has 0 saturated heterocycles. The van der Waals surface area contributed by atoms with E-state index in [4.69, 9.17) is 0 Å². The zero-order chi connectivity index (χ0) is 13.7. The van der Waals surface area contributed by atoms with Crippen LogP contribution in [0.15, 0.2) is 18.3 Å². The number of pyridine rings is 1. The minimum Gasteiger partial charge on any atom is -0.393 e. The van der Waals surface area contributed by atoms with Crippen molar-refractivity contribution in [1.82, 2.24) is 9.88 Å². The number of aliphatic hydroxyl groups excluding tert-OH is 1. The Morgan fingerprint density at radius 2 is 2.26 bits per heavy atom. The molecular formula is C15H25N3O. The second-order valence-corrected chi connectivity index (χ2v) is 5.63. The fourth-order valence-electron chi connectivity index (χ4n) is 2.61. The van der Waals surface area contributed by atoms with E-state index in [0.29, 0.717) is 5.92 Å². The van der Waals surface area contributed by atoms with Crippen LogP contribution in [-0.4, -0.2) is 41.2 Å². The largest absolute Gasteiger partial charge is 0.393 e. The Bertz CT molecular complexity index is 391. The lowest BCUT2D eigenvalue weighted by atomic mass is 9.82. The second-order valence-electron chi connectivity index (χ2n) is 5.63. The molecule has 0 bridgehead atoms. The summed E-state index contributed by atoms with van der Waals surface area (Å²) in [6.07, 6.45) is 4.80. The van der Waals surface area contributed by atoms with E-state index in [0.717, 1.165) is 44.7 Å². The molecule has 0 atom stereocenters. The highest BCUT2D eigenvalue weighted by Gasteiger charge is 2.27. The van der Waals surface area contributed by atoms with Gasteiger partial charge in [0.25, 0.3) is 0 Å². The predicted octanol–water partition coefficient (Wildman–Crippen LogP) is 2.11. The van der Waals surface area contributed by atoms with Gasteiger partial charge in [0.05, 0.1) is 6.10 Å². The van der Waals surface area contributed by atoms with E-state index in [1.165, 1.54) is 5.56 Å². The first-order valence-corrected chi connectivity index (χ1v) is 7.23. The molecule has 4 nitrogen and oxygen atoms in total. The minimum absolute atomic E-state index is 0.0569. The van der Waals surface area contributed by atoms with Gasteiger partial charge in [0.15, 0.2) is 0 Å². The molecular weight excluding hydrogens is 238 g/mol. The fraction of sp³-hybridized carbons (Fsp3) is 0.667. The van der Waals surface area contributed by atoms with Crippen LogP contribution in [-0.2, 0) is 6.54 Å². The number of hydrogen-bond acceptors (Lipinski definition) is 4. The summed E-state index contributed by atoms with van der Waals surface area (Å²) in [5.41, 5.74) is 1.25. The molecule has 0 amide bonds. The second kappa shape index (κ2) is 6.87. The lowest BCUT2D eigenvalue weighted by Gasteiger charge is -2.34. The molecule has 1 saturated carbocycles. The van der Waals surface area contributed by atoms with E-state index < -0.39 is 0 Å². The maximum absolute atomic E-state index is 9.32. The predicted molar refractivity (Wildman–Crippen MR) is 78.1 cm³/mol.